The maximum atomic E-state index is 12.1. The molecule has 2 saturated heterocycles. The molecule has 0 spiro atoms. The van der Waals surface area contributed by atoms with Crippen molar-refractivity contribution in [3.05, 3.63) is 72.2 Å². The number of furan rings is 1. The summed E-state index contributed by atoms with van der Waals surface area (Å²) in [5.41, 5.74) is 13.8. The molecule has 43 heavy (non-hydrogen) atoms. The summed E-state index contributed by atoms with van der Waals surface area (Å²) in [6.45, 7) is 9.26. The number of carbonyl (C=O) groups excluding carboxylic acids is 2. The van der Waals surface area contributed by atoms with Crippen molar-refractivity contribution in [2.45, 2.75) is 6.92 Å². The second-order valence-corrected chi connectivity index (χ2v) is 10.0. The number of likely N-dealkylation sites (N-methyl/N-ethyl adjacent to an activating group) is 1. The molecule has 0 bridgehead atoms. The van der Waals surface area contributed by atoms with Crippen LogP contribution in [0.25, 0.3) is 0 Å². The van der Waals surface area contributed by atoms with E-state index >= 15 is 0 Å². The molecule has 2 fully saturated rings. The number of rotatable bonds is 6. The fourth-order valence-electron chi connectivity index (χ4n) is 4.61. The quantitative estimate of drug-likeness (QED) is 0.143. The minimum atomic E-state index is -0.258. The Morgan fingerprint density at radius 3 is 1.77 bits per heavy atom. The number of piperazine rings is 2. The molecule has 3 aromatic rings. The Hall–Kier alpha value is -5.04. The van der Waals surface area contributed by atoms with Gasteiger partial charge in [-0.3, -0.25) is 20.4 Å². The summed E-state index contributed by atoms with van der Waals surface area (Å²) < 4.78 is 5.31. The molecule has 2 aliphatic rings. The molecule has 0 aliphatic carbocycles. The van der Waals surface area contributed by atoms with Crippen LogP contribution in [0.4, 0.5) is 22.7 Å². The Morgan fingerprint density at radius 2 is 1.33 bits per heavy atom. The molecule has 2 amide bonds. The van der Waals surface area contributed by atoms with Crippen LogP contribution >= 0.6 is 0 Å². The van der Waals surface area contributed by atoms with E-state index in [1.807, 2.05) is 41.3 Å². The fraction of sp³-hybridized carbons (Fsp3) is 0.333. The Morgan fingerprint density at radius 1 is 0.837 bits per heavy atom. The highest BCUT2D eigenvalue weighted by atomic mass is 16.3. The first-order valence-electron chi connectivity index (χ1n) is 14.0. The molecule has 2 aromatic carbocycles. The summed E-state index contributed by atoms with van der Waals surface area (Å²) in [5.74, 6) is 0.879. The standard InChI is InChI=1S/C17H21N5O2.C12H17N3O.CH4N2/c1-12-2-7-15(24-12)16(23)20-13-3-5-14(6-4-13)21-8-10-22(11-9-21)17(18)19;1-14-6-8-15(9-7-14)12-4-2-11(3-5-12)13-10-16;2-1-3/h2-7H,8-11H2,1H3,(H3,18,19)(H,20,23);2-5,10H,6-9H2,1H3,(H,13,16);1H,(H3,2,3). The van der Waals surface area contributed by atoms with Gasteiger partial charge in [0.25, 0.3) is 5.91 Å². The van der Waals surface area contributed by atoms with E-state index in [9.17, 15) is 9.59 Å². The van der Waals surface area contributed by atoms with Gasteiger partial charge < -0.3 is 46.1 Å². The van der Waals surface area contributed by atoms with Crippen LogP contribution in [0.15, 0.2) is 65.1 Å². The van der Waals surface area contributed by atoms with E-state index in [2.05, 4.69) is 50.2 Å². The van der Waals surface area contributed by atoms with Gasteiger partial charge in [-0.25, -0.2) is 0 Å². The number of hydrogen-bond acceptors (Lipinski definition) is 8. The van der Waals surface area contributed by atoms with Crippen LogP contribution in [0.5, 0.6) is 0 Å². The molecular weight excluding hydrogens is 548 g/mol. The predicted octanol–water partition coefficient (Wildman–Crippen LogP) is 2.41. The predicted molar refractivity (Wildman–Crippen MR) is 172 cm³/mol. The average Bonchev–Trinajstić information content (AvgIpc) is 3.46. The van der Waals surface area contributed by atoms with Crippen molar-refractivity contribution in [3.63, 3.8) is 0 Å². The summed E-state index contributed by atoms with van der Waals surface area (Å²) in [4.78, 5) is 31.1. The maximum absolute atomic E-state index is 12.1. The van der Waals surface area contributed by atoms with E-state index in [0.29, 0.717) is 17.9 Å². The summed E-state index contributed by atoms with van der Waals surface area (Å²) in [5, 5.41) is 18.8. The summed E-state index contributed by atoms with van der Waals surface area (Å²) >= 11 is 0. The molecule has 13 heteroatoms. The monoisotopic (exact) mass is 590 g/mol. The van der Waals surface area contributed by atoms with Crippen molar-refractivity contribution in [2.24, 2.45) is 11.5 Å². The average molecular weight is 591 g/mol. The number of nitrogens with one attached hydrogen (secondary N) is 4. The minimum Gasteiger partial charge on any atom is -0.456 e. The van der Waals surface area contributed by atoms with E-state index in [0.717, 1.165) is 75.8 Å². The number of benzene rings is 2. The first-order valence-corrected chi connectivity index (χ1v) is 14.0. The molecule has 0 atom stereocenters. The Balaban J connectivity index is 0.000000230. The maximum Gasteiger partial charge on any atom is 0.291 e. The van der Waals surface area contributed by atoms with Crippen LogP contribution in [-0.2, 0) is 4.79 Å². The van der Waals surface area contributed by atoms with Gasteiger partial charge >= 0.3 is 0 Å². The fourth-order valence-corrected chi connectivity index (χ4v) is 4.61. The van der Waals surface area contributed by atoms with E-state index in [-0.39, 0.29) is 11.9 Å². The first-order chi connectivity index (χ1) is 20.7. The van der Waals surface area contributed by atoms with Crippen LogP contribution in [-0.4, -0.2) is 93.8 Å². The van der Waals surface area contributed by atoms with Gasteiger partial charge in [0.1, 0.15) is 5.76 Å². The van der Waals surface area contributed by atoms with Crippen LogP contribution in [0.1, 0.15) is 16.3 Å². The van der Waals surface area contributed by atoms with Crippen molar-refractivity contribution in [1.82, 2.24) is 9.80 Å². The van der Waals surface area contributed by atoms with E-state index in [1.54, 1.807) is 19.1 Å². The molecule has 230 valence electrons. The second kappa shape index (κ2) is 16.4. The van der Waals surface area contributed by atoms with Crippen molar-refractivity contribution in [2.75, 3.05) is 79.8 Å². The second-order valence-electron chi connectivity index (χ2n) is 10.0. The highest BCUT2D eigenvalue weighted by molar-refractivity contribution is 6.02. The van der Waals surface area contributed by atoms with Crippen molar-refractivity contribution in [1.29, 1.82) is 10.8 Å². The number of nitrogens with zero attached hydrogens (tertiary/aromatic N) is 4. The molecule has 0 radical (unpaired) electrons. The van der Waals surface area contributed by atoms with Crippen LogP contribution < -0.4 is 31.9 Å². The van der Waals surface area contributed by atoms with E-state index < -0.39 is 0 Å². The number of amides is 2. The zero-order chi connectivity index (χ0) is 31.2. The van der Waals surface area contributed by atoms with Gasteiger partial charge in [0, 0.05) is 75.1 Å². The lowest BCUT2D eigenvalue weighted by molar-refractivity contribution is -0.105. The number of aryl methyl sites for hydroxylation is 1. The van der Waals surface area contributed by atoms with Crippen LogP contribution in [0.3, 0.4) is 0 Å². The lowest BCUT2D eigenvalue weighted by atomic mass is 10.2. The molecular formula is C30H42N10O3. The third kappa shape index (κ3) is 10.1. The summed E-state index contributed by atoms with van der Waals surface area (Å²) in [7, 11) is 2.15. The van der Waals surface area contributed by atoms with Gasteiger partial charge in [0.15, 0.2) is 11.7 Å². The largest absolute Gasteiger partial charge is 0.456 e. The van der Waals surface area contributed by atoms with Crippen molar-refractivity contribution >= 4 is 47.4 Å². The van der Waals surface area contributed by atoms with Gasteiger partial charge in [0.2, 0.25) is 6.41 Å². The van der Waals surface area contributed by atoms with Crippen molar-refractivity contribution < 1.29 is 14.0 Å². The Labute approximate surface area is 252 Å². The Bertz CT molecular complexity index is 1310. The molecule has 0 saturated carbocycles. The third-order valence-corrected chi connectivity index (χ3v) is 7.04. The van der Waals surface area contributed by atoms with E-state index in [4.69, 9.17) is 21.0 Å². The number of hydrogen-bond donors (Lipinski definition) is 6. The number of nitrogens with two attached hydrogens (primary N) is 2. The smallest absolute Gasteiger partial charge is 0.291 e. The molecule has 0 unspecified atom stereocenters. The highest BCUT2D eigenvalue weighted by Crippen LogP contribution is 2.21. The zero-order valence-corrected chi connectivity index (χ0v) is 24.8. The zero-order valence-electron chi connectivity index (χ0n) is 24.8. The first kappa shape index (κ1) is 32.5. The highest BCUT2D eigenvalue weighted by Gasteiger charge is 2.18. The summed E-state index contributed by atoms with van der Waals surface area (Å²) in [6.07, 6.45) is 1.45. The van der Waals surface area contributed by atoms with Gasteiger partial charge in [-0.05, 0) is 74.6 Å². The SMILES string of the molecule is CN1CCN(c2ccc(NC=O)cc2)CC1.Cc1ccc(C(=O)Nc2ccc(N3CCN(C(=N)N)CC3)cc2)o1.N=CN. The lowest BCUT2D eigenvalue weighted by Crippen LogP contribution is -2.50. The molecule has 2 aliphatic heterocycles. The third-order valence-electron chi connectivity index (χ3n) is 7.04. The summed E-state index contributed by atoms with van der Waals surface area (Å²) in [6, 6.07) is 19.1. The molecule has 13 nitrogen and oxygen atoms in total. The number of carbonyl (C=O) groups is 2. The molecule has 1 aromatic heterocycles. The normalized spacial score (nSPS) is 14.8. The van der Waals surface area contributed by atoms with Crippen molar-refractivity contribution in [3.8, 4) is 0 Å². The molecule has 5 rings (SSSR count). The lowest BCUT2D eigenvalue weighted by Gasteiger charge is -2.36. The van der Waals surface area contributed by atoms with Crippen LogP contribution in [0, 0.1) is 17.7 Å². The molecule has 3 heterocycles. The van der Waals surface area contributed by atoms with E-state index in [1.165, 1.54) is 5.69 Å². The van der Waals surface area contributed by atoms with Crippen LogP contribution in [0.2, 0.25) is 0 Å². The van der Waals surface area contributed by atoms with Gasteiger partial charge in [0.05, 0.1) is 6.34 Å². The topological polar surface area (TPSA) is 184 Å². The molecule has 8 N–H and O–H groups in total. The van der Waals surface area contributed by atoms with Gasteiger partial charge in [-0.15, -0.1) is 0 Å². The van der Waals surface area contributed by atoms with Gasteiger partial charge in [-0.2, -0.15) is 0 Å². The number of anilines is 4. The number of guanidine groups is 1. The minimum absolute atomic E-state index is 0.126. The Kier molecular flexibility index (Phi) is 12.4. The van der Waals surface area contributed by atoms with Gasteiger partial charge in [-0.1, -0.05) is 0 Å².